The molecule has 1 atom stereocenters. The van der Waals surface area contributed by atoms with Crippen LogP contribution in [0.5, 0.6) is 5.75 Å². The van der Waals surface area contributed by atoms with Gasteiger partial charge in [-0.3, -0.25) is 0 Å². The first-order valence-electron chi connectivity index (χ1n) is 5.57. The van der Waals surface area contributed by atoms with Gasteiger partial charge >= 0.3 is 0 Å². The topological polar surface area (TPSA) is 35.2 Å². The molecule has 94 valence electrons. The molecule has 4 heteroatoms. The smallest absolute Gasteiger partial charge is 0.136 e. The fraction of sp³-hybridized carbons (Fsp3) is 0.143. The van der Waals surface area contributed by atoms with Gasteiger partial charge in [-0.15, -0.1) is 0 Å². The highest BCUT2D eigenvalue weighted by Gasteiger charge is 2.11. The summed E-state index contributed by atoms with van der Waals surface area (Å²) in [4.78, 5) is 0. The van der Waals surface area contributed by atoms with Crippen LogP contribution in [-0.4, -0.2) is 6.54 Å². The normalized spacial score (nSPS) is 12.2. The van der Waals surface area contributed by atoms with E-state index < -0.39 is 0 Å². The number of ether oxygens (including phenoxy) is 1. The van der Waals surface area contributed by atoms with Crippen LogP contribution in [-0.2, 0) is 0 Å². The van der Waals surface area contributed by atoms with Crippen LogP contribution in [0.3, 0.4) is 0 Å². The molecule has 18 heavy (non-hydrogen) atoms. The standard InChI is InChI=1S/C14H13ClFNO/c15-11-3-1-2-10(8-11)14(9-17)18-13-6-4-12(16)5-7-13/h1-8,14H,9,17H2. The van der Waals surface area contributed by atoms with Crippen LogP contribution >= 0.6 is 11.6 Å². The molecule has 2 rings (SSSR count). The SMILES string of the molecule is NCC(Oc1ccc(F)cc1)c1cccc(Cl)c1. The molecule has 2 nitrogen and oxygen atoms in total. The number of nitrogens with two attached hydrogens (primary N) is 1. The minimum absolute atomic E-state index is 0.297. The molecule has 0 spiro atoms. The predicted octanol–water partition coefficient (Wildman–Crippen LogP) is 3.56. The first-order valence-corrected chi connectivity index (χ1v) is 5.94. The highest BCUT2D eigenvalue weighted by Crippen LogP contribution is 2.23. The molecule has 0 bridgehead atoms. The molecule has 0 aliphatic carbocycles. The molecule has 2 aromatic carbocycles. The fourth-order valence-electron chi connectivity index (χ4n) is 1.64. The molecule has 0 amide bonds. The Labute approximate surface area is 110 Å². The van der Waals surface area contributed by atoms with Crippen LogP contribution in [0.2, 0.25) is 5.02 Å². The van der Waals surface area contributed by atoms with Crippen LogP contribution in [0, 0.1) is 5.82 Å². The fourth-order valence-corrected chi connectivity index (χ4v) is 1.84. The van der Waals surface area contributed by atoms with Gasteiger partial charge in [0.05, 0.1) is 0 Å². The van der Waals surface area contributed by atoms with E-state index in [1.54, 1.807) is 18.2 Å². The van der Waals surface area contributed by atoms with Gasteiger partial charge in [-0.05, 0) is 42.0 Å². The zero-order chi connectivity index (χ0) is 13.0. The van der Waals surface area contributed by atoms with Crippen molar-refractivity contribution in [1.82, 2.24) is 0 Å². The van der Waals surface area contributed by atoms with Crippen molar-refractivity contribution < 1.29 is 9.13 Å². The third kappa shape index (κ3) is 3.22. The van der Waals surface area contributed by atoms with E-state index in [4.69, 9.17) is 22.1 Å². The molecule has 0 aliphatic rings. The quantitative estimate of drug-likeness (QED) is 0.917. The third-order valence-corrected chi connectivity index (χ3v) is 2.76. The van der Waals surface area contributed by atoms with E-state index in [1.165, 1.54) is 12.1 Å². The number of hydrogen-bond acceptors (Lipinski definition) is 2. The Kier molecular flexibility index (Phi) is 4.18. The minimum atomic E-state index is -0.297. The Morgan fingerprint density at radius 3 is 2.50 bits per heavy atom. The molecular weight excluding hydrogens is 253 g/mol. The highest BCUT2D eigenvalue weighted by molar-refractivity contribution is 6.30. The lowest BCUT2D eigenvalue weighted by atomic mass is 10.1. The molecule has 0 aromatic heterocycles. The Morgan fingerprint density at radius 2 is 1.89 bits per heavy atom. The van der Waals surface area contributed by atoms with Crippen LogP contribution in [0.1, 0.15) is 11.7 Å². The maximum absolute atomic E-state index is 12.8. The van der Waals surface area contributed by atoms with Crippen molar-refractivity contribution >= 4 is 11.6 Å². The van der Waals surface area contributed by atoms with E-state index in [0.29, 0.717) is 17.3 Å². The third-order valence-electron chi connectivity index (χ3n) is 2.53. The van der Waals surface area contributed by atoms with Crippen molar-refractivity contribution in [2.45, 2.75) is 6.10 Å². The molecular formula is C14H13ClFNO. The molecule has 0 aliphatic heterocycles. The summed E-state index contributed by atoms with van der Waals surface area (Å²) in [5, 5.41) is 0.633. The molecule has 0 saturated carbocycles. The molecule has 2 aromatic rings. The number of rotatable bonds is 4. The van der Waals surface area contributed by atoms with Crippen molar-refractivity contribution in [2.75, 3.05) is 6.54 Å². The van der Waals surface area contributed by atoms with Crippen LogP contribution in [0.25, 0.3) is 0 Å². The van der Waals surface area contributed by atoms with Gasteiger partial charge in [-0.2, -0.15) is 0 Å². The predicted molar refractivity (Wildman–Crippen MR) is 70.3 cm³/mol. The first kappa shape index (κ1) is 12.9. The molecule has 0 heterocycles. The Bertz CT molecular complexity index is 515. The molecule has 0 fully saturated rings. The summed E-state index contributed by atoms with van der Waals surface area (Å²) in [7, 11) is 0. The first-order chi connectivity index (χ1) is 8.69. The summed E-state index contributed by atoms with van der Waals surface area (Å²) in [6, 6.07) is 13.2. The zero-order valence-electron chi connectivity index (χ0n) is 9.64. The maximum atomic E-state index is 12.8. The second-order valence-corrected chi connectivity index (χ2v) is 4.29. The van der Waals surface area contributed by atoms with Crippen molar-refractivity contribution in [2.24, 2.45) is 5.73 Å². The monoisotopic (exact) mass is 265 g/mol. The van der Waals surface area contributed by atoms with Crippen molar-refractivity contribution in [3.05, 3.63) is 64.9 Å². The van der Waals surface area contributed by atoms with Gasteiger partial charge in [-0.25, -0.2) is 4.39 Å². The molecule has 2 N–H and O–H groups in total. The largest absolute Gasteiger partial charge is 0.484 e. The Balaban J connectivity index is 2.17. The van der Waals surface area contributed by atoms with Crippen LogP contribution in [0.15, 0.2) is 48.5 Å². The average molecular weight is 266 g/mol. The van der Waals surface area contributed by atoms with Crippen LogP contribution < -0.4 is 10.5 Å². The summed E-state index contributed by atoms with van der Waals surface area (Å²) in [5.41, 5.74) is 6.59. The van der Waals surface area contributed by atoms with Gasteiger partial charge < -0.3 is 10.5 Å². The minimum Gasteiger partial charge on any atom is -0.484 e. The lowest BCUT2D eigenvalue weighted by Crippen LogP contribution is -2.18. The van der Waals surface area contributed by atoms with Crippen molar-refractivity contribution in [1.29, 1.82) is 0 Å². The summed E-state index contributed by atoms with van der Waals surface area (Å²) in [6.45, 7) is 0.317. The van der Waals surface area contributed by atoms with E-state index in [-0.39, 0.29) is 11.9 Å². The Morgan fingerprint density at radius 1 is 1.17 bits per heavy atom. The maximum Gasteiger partial charge on any atom is 0.136 e. The molecule has 0 radical (unpaired) electrons. The van der Waals surface area contributed by atoms with Gasteiger partial charge in [-0.1, -0.05) is 23.7 Å². The number of benzene rings is 2. The zero-order valence-corrected chi connectivity index (χ0v) is 10.4. The molecule has 0 saturated heterocycles. The van der Waals surface area contributed by atoms with Crippen LogP contribution in [0.4, 0.5) is 4.39 Å². The van der Waals surface area contributed by atoms with E-state index in [0.717, 1.165) is 5.56 Å². The van der Waals surface area contributed by atoms with Gasteiger partial charge in [0.25, 0.3) is 0 Å². The average Bonchev–Trinajstić information content (AvgIpc) is 2.38. The van der Waals surface area contributed by atoms with Gasteiger partial charge in [0.2, 0.25) is 0 Å². The second-order valence-electron chi connectivity index (χ2n) is 3.85. The van der Waals surface area contributed by atoms with E-state index >= 15 is 0 Å². The summed E-state index contributed by atoms with van der Waals surface area (Å²) in [6.07, 6.45) is -0.297. The van der Waals surface area contributed by atoms with Crippen molar-refractivity contribution in [3.8, 4) is 5.75 Å². The second kappa shape index (κ2) is 5.85. The van der Waals surface area contributed by atoms with Crippen molar-refractivity contribution in [3.63, 3.8) is 0 Å². The Hall–Kier alpha value is -1.58. The summed E-state index contributed by atoms with van der Waals surface area (Å²) in [5.74, 6) is 0.279. The van der Waals surface area contributed by atoms with Gasteiger partial charge in [0.15, 0.2) is 0 Å². The summed E-state index contributed by atoms with van der Waals surface area (Å²) >= 11 is 5.92. The summed E-state index contributed by atoms with van der Waals surface area (Å²) < 4.78 is 18.5. The van der Waals surface area contributed by atoms with E-state index in [1.807, 2.05) is 18.2 Å². The number of hydrogen-bond donors (Lipinski definition) is 1. The highest BCUT2D eigenvalue weighted by atomic mass is 35.5. The van der Waals surface area contributed by atoms with E-state index in [2.05, 4.69) is 0 Å². The molecule has 1 unspecified atom stereocenters. The number of halogens is 2. The van der Waals surface area contributed by atoms with Gasteiger partial charge in [0.1, 0.15) is 17.7 Å². The van der Waals surface area contributed by atoms with Gasteiger partial charge in [0, 0.05) is 11.6 Å². The lowest BCUT2D eigenvalue weighted by Gasteiger charge is -2.18. The van der Waals surface area contributed by atoms with E-state index in [9.17, 15) is 4.39 Å². The lowest BCUT2D eigenvalue weighted by molar-refractivity contribution is 0.214.